The van der Waals surface area contributed by atoms with Gasteiger partial charge < -0.3 is 10.6 Å². The number of anilines is 1. The summed E-state index contributed by atoms with van der Waals surface area (Å²) in [6.07, 6.45) is 4.17. The molecule has 0 radical (unpaired) electrons. The van der Waals surface area contributed by atoms with Crippen molar-refractivity contribution in [3.8, 4) is 6.07 Å². The third-order valence-corrected chi connectivity index (χ3v) is 2.95. The maximum absolute atomic E-state index is 9.05. The van der Waals surface area contributed by atoms with Crippen LogP contribution in [0.1, 0.15) is 24.0 Å². The highest BCUT2D eigenvalue weighted by molar-refractivity contribution is 5.55. The molecule has 16 heavy (non-hydrogen) atoms. The molecule has 4 heteroatoms. The van der Waals surface area contributed by atoms with Crippen LogP contribution in [-0.2, 0) is 0 Å². The molecule has 0 saturated carbocycles. The number of rotatable bonds is 3. The zero-order valence-corrected chi connectivity index (χ0v) is 9.45. The van der Waals surface area contributed by atoms with Gasteiger partial charge in [-0.1, -0.05) is 0 Å². The van der Waals surface area contributed by atoms with E-state index in [1.807, 2.05) is 13.0 Å². The molecule has 0 spiro atoms. The second-order valence-electron chi connectivity index (χ2n) is 4.14. The predicted octanol–water partition coefficient (Wildman–Crippen LogP) is 1.43. The van der Waals surface area contributed by atoms with Crippen LogP contribution in [0, 0.1) is 18.3 Å². The summed E-state index contributed by atoms with van der Waals surface area (Å²) in [5, 5.41) is 15.7. The van der Waals surface area contributed by atoms with Gasteiger partial charge in [-0.05, 0) is 37.9 Å². The van der Waals surface area contributed by atoms with Gasteiger partial charge in [0.2, 0.25) is 0 Å². The molecule has 1 saturated heterocycles. The molecule has 4 nitrogen and oxygen atoms in total. The van der Waals surface area contributed by atoms with Crippen LogP contribution in [0.15, 0.2) is 12.3 Å². The molecule has 0 aliphatic carbocycles. The van der Waals surface area contributed by atoms with E-state index in [4.69, 9.17) is 5.26 Å². The summed E-state index contributed by atoms with van der Waals surface area (Å²) < 4.78 is 0. The quantitative estimate of drug-likeness (QED) is 0.802. The largest absolute Gasteiger partial charge is 0.367 e. The highest BCUT2D eigenvalue weighted by Gasteiger charge is 2.14. The van der Waals surface area contributed by atoms with Crippen molar-refractivity contribution in [2.75, 3.05) is 18.4 Å². The first kappa shape index (κ1) is 10.9. The smallest absolute Gasteiger partial charge is 0.144 e. The Labute approximate surface area is 95.7 Å². The lowest BCUT2D eigenvalue weighted by atomic mass is 10.1. The molecular weight excluding hydrogens is 200 g/mol. The number of nitrogens with one attached hydrogen (secondary N) is 2. The zero-order chi connectivity index (χ0) is 11.4. The van der Waals surface area contributed by atoms with Crippen LogP contribution in [0.3, 0.4) is 0 Å². The van der Waals surface area contributed by atoms with Crippen molar-refractivity contribution in [1.82, 2.24) is 10.3 Å². The van der Waals surface area contributed by atoms with E-state index in [2.05, 4.69) is 21.7 Å². The summed E-state index contributed by atoms with van der Waals surface area (Å²) in [7, 11) is 0. The summed E-state index contributed by atoms with van der Waals surface area (Å²) >= 11 is 0. The molecular formula is C12H16N4. The van der Waals surface area contributed by atoms with Gasteiger partial charge in [-0.2, -0.15) is 5.26 Å². The normalized spacial score (nSPS) is 19.4. The van der Waals surface area contributed by atoms with Crippen molar-refractivity contribution in [2.24, 2.45) is 0 Å². The van der Waals surface area contributed by atoms with Crippen LogP contribution in [0.5, 0.6) is 0 Å². The molecule has 84 valence electrons. The van der Waals surface area contributed by atoms with Crippen molar-refractivity contribution in [2.45, 2.75) is 25.8 Å². The molecule has 0 aromatic carbocycles. The SMILES string of the molecule is Cc1ccnc(NCC2CCCN2)c1C#N. The van der Waals surface area contributed by atoms with E-state index >= 15 is 0 Å². The lowest BCUT2D eigenvalue weighted by molar-refractivity contribution is 0.632. The van der Waals surface area contributed by atoms with Gasteiger partial charge in [0.15, 0.2) is 0 Å². The van der Waals surface area contributed by atoms with Gasteiger partial charge in [-0.3, -0.25) is 0 Å². The highest BCUT2D eigenvalue weighted by Crippen LogP contribution is 2.15. The van der Waals surface area contributed by atoms with Crippen LogP contribution >= 0.6 is 0 Å². The van der Waals surface area contributed by atoms with E-state index in [1.54, 1.807) is 6.20 Å². The fourth-order valence-electron chi connectivity index (χ4n) is 1.98. The van der Waals surface area contributed by atoms with Crippen LogP contribution < -0.4 is 10.6 Å². The molecule has 1 atom stereocenters. The maximum Gasteiger partial charge on any atom is 0.144 e. The number of hydrogen-bond acceptors (Lipinski definition) is 4. The monoisotopic (exact) mass is 216 g/mol. The predicted molar refractivity (Wildman–Crippen MR) is 63.2 cm³/mol. The fraction of sp³-hybridized carbons (Fsp3) is 0.500. The minimum Gasteiger partial charge on any atom is -0.367 e. The van der Waals surface area contributed by atoms with Crippen LogP contribution in [0.4, 0.5) is 5.82 Å². The number of pyridine rings is 1. The number of aryl methyl sites for hydroxylation is 1. The molecule has 1 unspecified atom stereocenters. The average Bonchev–Trinajstić information content (AvgIpc) is 2.79. The molecule has 2 N–H and O–H groups in total. The van der Waals surface area contributed by atoms with E-state index in [-0.39, 0.29) is 0 Å². The lowest BCUT2D eigenvalue weighted by Gasteiger charge is -2.13. The molecule has 1 aromatic rings. The van der Waals surface area contributed by atoms with Gasteiger partial charge in [0.05, 0.1) is 5.56 Å². The van der Waals surface area contributed by atoms with E-state index in [9.17, 15) is 0 Å². The maximum atomic E-state index is 9.05. The second-order valence-corrected chi connectivity index (χ2v) is 4.14. The standard InChI is InChI=1S/C12H16N4/c1-9-4-6-15-12(11(9)7-13)16-8-10-3-2-5-14-10/h4,6,10,14H,2-3,5,8H2,1H3,(H,15,16). The van der Waals surface area contributed by atoms with Crippen molar-refractivity contribution in [3.63, 3.8) is 0 Å². The van der Waals surface area contributed by atoms with Crippen molar-refractivity contribution >= 4 is 5.82 Å². The number of nitriles is 1. The van der Waals surface area contributed by atoms with Crippen LogP contribution in [0.2, 0.25) is 0 Å². The van der Waals surface area contributed by atoms with Crippen molar-refractivity contribution in [3.05, 3.63) is 23.4 Å². The van der Waals surface area contributed by atoms with E-state index in [0.717, 1.165) is 18.7 Å². The summed E-state index contributed by atoms with van der Waals surface area (Å²) in [5.41, 5.74) is 1.62. The summed E-state index contributed by atoms with van der Waals surface area (Å²) in [5.74, 6) is 0.705. The molecule has 1 aromatic heterocycles. The topological polar surface area (TPSA) is 60.7 Å². The number of nitrogens with zero attached hydrogens (tertiary/aromatic N) is 2. The molecule has 0 bridgehead atoms. The Bertz CT molecular complexity index is 402. The molecule has 1 aliphatic heterocycles. The average molecular weight is 216 g/mol. The summed E-state index contributed by atoms with van der Waals surface area (Å²) in [4.78, 5) is 4.21. The summed E-state index contributed by atoms with van der Waals surface area (Å²) in [6.45, 7) is 3.86. The van der Waals surface area contributed by atoms with Crippen LogP contribution in [0.25, 0.3) is 0 Å². The Balaban J connectivity index is 2.03. The van der Waals surface area contributed by atoms with Gasteiger partial charge in [0.25, 0.3) is 0 Å². The second kappa shape index (κ2) is 4.95. The molecule has 1 fully saturated rings. The van der Waals surface area contributed by atoms with E-state index < -0.39 is 0 Å². The Morgan fingerprint density at radius 1 is 1.69 bits per heavy atom. The Kier molecular flexibility index (Phi) is 3.37. The minimum absolute atomic E-state index is 0.508. The molecule has 1 aliphatic rings. The van der Waals surface area contributed by atoms with Gasteiger partial charge in [0.1, 0.15) is 11.9 Å². The van der Waals surface area contributed by atoms with Crippen molar-refractivity contribution < 1.29 is 0 Å². The first-order chi connectivity index (χ1) is 7.81. The third kappa shape index (κ3) is 2.31. The van der Waals surface area contributed by atoms with Gasteiger partial charge in [0, 0.05) is 18.8 Å². The van der Waals surface area contributed by atoms with Gasteiger partial charge in [-0.15, -0.1) is 0 Å². The molecule has 2 heterocycles. The Morgan fingerprint density at radius 2 is 2.56 bits per heavy atom. The Hall–Kier alpha value is -1.60. The Morgan fingerprint density at radius 3 is 3.25 bits per heavy atom. The van der Waals surface area contributed by atoms with E-state index in [0.29, 0.717) is 17.4 Å². The molecule has 2 rings (SSSR count). The first-order valence-corrected chi connectivity index (χ1v) is 5.64. The van der Waals surface area contributed by atoms with Crippen LogP contribution in [-0.4, -0.2) is 24.1 Å². The highest BCUT2D eigenvalue weighted by atomic mass is 15.0. The fourth-order valence-corrected chi connectivity index (χ4v) is 1.98. The first-order valence-electron chi connectivity index (χ1n) is 5.64. The molecule has 0 amide bonds. The third-order valence-electron chi connectivity index (χ3n) is 2.95. The van der Waals surface area contributed by atoms with E-state index in [1.165, 1.54) is 12.8 Å². The zero-order valence-electron chi connectivity index (χ0n) is 9.45. The number of hydrogen-bond donors (Lipinski definition) is 2. The van der Waals surface area contributed by atoms with Crippen molar-refractivity contribution in [1.29, 1.82) is 5.26 Å². The minimum atomic E-state index is 0.508. The van der Waals surface area contributed by atoms with Gasteiger partial charge >= 0.3 is 0 Å². The van der Waals surface area contributed by atoms with Gasteiger partial charge in [-0.25, -0.2) is 4.98 Å². The number of aromatic nitrogens is 1. The summed E-state index contributed by atoms with van der Waals surface area (Å²) in [6, 6.07) is 4.56. The lowest BCUT2D eigenvalue weighted by Crippen LogP contribution is -2.29.